The Bertz CT molecular complexity index is 907. The molecule has 3 rings (SSSR count). The smallest absolute Gasteiger partial charge is 0.242 e. The lowest BCUT2D eigenvalue weighted by atomic mass is 10.1. The molecule has 7 heteroatoms. The Morgan fingerprint density at radius 1 is 1.21 bits per heavy atom. The number of aryl methyl sites for hydroxylation is 1. The summed E-state index contributed by atoms with van der Waals surface area (Å²) in [6.45, 7) is 6.90. The zero-order valence-corrected chi connectivity index (χ0v) is 18.3. The van der Waals surface area contributed by atoms with Crippen LogP contribution in [0.4, 0.5) is 5.69 Å². The highest BCUT2D eigenvalue weighted by Crippen LogP contribution is 2.25. The van der Waals surface area contributed by atoms with E-state index in [9.17, 15) is 13.2 Å². The van der Waals surface area contributed by atoms with Gasteiger partial charge in [-0.15, -0.1) is 11.3 Å². The van der Waals surface area contributed by atoms with E-state index < -0.39 is 9.84 Å². The van der Waals surface area contributed by atoms with Crippen LogP contribution in [0, 0.1) is 6.92 Å². The lowest BCUT2D eigenvalue weighted by Gasteiger charge is -2.34. The molecule has 0 N–H and O–H groups in total. The molecule has 5 nitrogen and oxygen atoms in total. The summed E-state index contributed by atoms with van der Waals surface area (Å²) in [6.07, 6.45) is 0.519. The maximum absolute atomic E-state index is 13.4. The molecule has 0 saturated carbocycles. The van der Waals surface area contributed by atoms with Gasteiger partial charge in [-0.25, -0.2) is 8.42 Å². The fourth-order valence-electron chi connectivity index (χ4n) is 3.68. The molecule has 0 spiro atoms. The van der Waals surface area contributed by atoms with Crippen LogP contribution >= 0.6 is 11.3 Å². The molecule has 28 heavy (non-hydrogen) atoms. The highest BCUT2D eigenvalue weighted by molar-refractivity contribution is 7.91. The number of nitrogens with zero attached hydrogens (tertiary/aromatic N) is 2. The summed E-state index contributed by atoms with van der Waals surface area (Å²) >= 11 is 1.59. The van der Waals surface area contributed by atoms with E-state index >= 15 is 0 Å². The average molecular weight is 421 g/mol. The number of hydrogen-bond acceptors (Lipinski definition) is 5. The van der Waals surface area contributed by atoms with Crippen LogP contribution in [0.3, 0.4) is 0 Å². The molecule has 2 aromatic rings. The number of rotatable bonds is 7. The Balaban J connectivity index is 1.84. The number of hydrogen-bond donors (Lipinski definition) is 0. The van der Waals surface area contributed by atoms with Crippen molar-refractivity contribution in [2.24, 2.45) is 0 Å². The molecule has 1 aromatic carbocycles. The fraction of sp³-hybridized carbons (Fsp3) is 0.476. The molecule has 1 atom stereocenters. The Labute approximate surface area is 171 Å². The number of carbonyl (C=O) groups is 1. The molecule has 1 fully saturated rings. The van der Waals surface area contributed by atoms with Gasteiger partial charge >= 0.3 is 0 Å². The number of amides is 1. The Hall–Kier alpha value is -1.86. The van der Waals surface area contributed by atoms with Crippen molar-refractivity contribution in [3.63, 3.8) is 0 Å². The van der Waals surface area contributed by atoms with Crippen molar-refractivity contribution in [2.75, 3.05) is 23.0 Å². The van der Waals surface area contributed by atoms with E-state index in [-0.39, 0.29) is 36.0 Å². The van der Waals surface area contributed by atoms with E-state index in [1.165, 1.54) is 0 Å². The average Bonchev–Trinajstić information content (AvgIpc) is 3.27. The van der Waals surface area contributed by atoms with Gasteiger partial charge in [0, 0.05) is 22.6 Å². The third-order valence-electron chi connectivity index (χ3n) is 5.23. The van der Waals surface area contributed by atoms with E-state index in [4.69, 9.17) is 0 Å². The van der Waals surface area contributed by atoms with E-state index in [1.807, 2.05) is 48.7 Å². The highest BCUT2D eigenvalue weighted by Gasteiger charge is 2.35. The Morgan fingerprint density at radius 2 is 1.96 bits per heavy atom. The van der Waals surface area contributed by atoms with Gasteiger partial charge in [0.1, 0.15) is 0 Å². The fourth-order valence-corrected chi connectivity index (χ4v) is 6.11. The van der Waals surface area contributed by atoms with E-state index in [0.29, 0.717) is 13.0 Å². The standard InChI is InChI=1S/C21H28N2O3S2/c1-16(2)22(20-9-5-4-7-17(20)3)14-21(24)23(13-19-8-6-11-27-19)18-10-12-28(25,26)15-18/h4-9,11,16,18H,10,12-15H2,1-3H3. The van der Waals surface area contributed by atoms with Crippen LogP contribution in [0.2, 0.25) is 0 Å². The third-order valence-corrected chi connectivity index (χ3v) is 7.84. The Kier molecular flexibility index (Phi) is 6.45. The number of benzene rings is 1. The molecule has 1 saturated heterocycles. The largest absolute Gasteiger partial charge is 0.360 e. The summed E-state index contributed by atoms with van der Waals surface area (Å²) in [5, 5.41) is 1.98. The van der Waals surface area contributed by atoms with Crippen LogP contribution in [0.25, 0.3) is 0 Å². The van der Waals surface area contributed by atoms with Crippen molar-refractivity contribution < 1.29 is 13.2 Å². The van der Waals surface area contributed by atoms with Gasteiger partial charge in [0.25, 0.3) is 0 Å². The topological polar surface area (TPSA) is 57.7 Å². The lowest BCUT2D eigenvalue weighted by Crippen LogP contribution is -2.47. The minimum atomic E-state index is -3.06. The van der Waals surface area contributed by atoms with Crippen molar-refractivity contribution in [2.45, 2.75) is 45.8 Å². The predicted octanol–water partition coefficient (Wildman–Crippen LogP) is 3.49. The van der Waals surface area contributed by atoms with Crippen LogP contribution in [0.15, 0.2) is 41.8 Å². The molecule has 0 bridgehead atoms. The van der Waals surface area contributed by atoms with Gasteiger partial charge in [-0.3, -0.25) is 4.79 Å². The predicted molar refractivity (Wildman–Crippen MR) is 116 cm³/mol. The van der Waals surface area contributed by atoms with Gasteiger partial charge in [0.2, 0.25) is 5.91 Å². The number of anilines is 1. The molecular formula is C21H28N2O3S2. The molecule has 152 valence electrons. The molecule has 2 heterocycles. The first-order valence-electron chi connectivity index (χ1n) is 9.61. The first-order chi connectivity index (χ1) is 13.3. The second-order valence-corrected chi connectivity index (χ2v) is 10.9. The van der Waals surface area contributed by atoms with Crippen LogP contribution < -0.4 is 4.90 Å². The number of thiophene rings is 1. The first kappa shape index (κ1) is 20.9. The van der Waals surface area contributed by atoms with Gasteiger partial charge in [0.15, 0.2) is 9.84 Å². The van der Waals surface area contributed by atoms with Gasteiger partial charge in [-0.1, -0.05) is 24.3 Å². The first-order valence-corrected chi connectivity index (χ1v) is 12.3. The van der Waals surface area contributed by atoms with Crippen molar-refractivity contribution in [1.82, 2.24) is 4.90 Å². The van der Waals surface area contributed by atoms with Crippen LogP contribution in [-0.4, -0.2) is 49.4 Å². The molecule has 1 unspecified atom stereocenters. The van der Waals surface area contributed by atoms with Crippen LogP contribution in [0.1, 0.15) is 30.7 Å². The third kappa shape index (κ3) is 4.94. The molecule has 1 aliphatic rings. The zero-order valence-electron chi connectivity index (χ0n) is 16.7. The molecule has 1 aromatic heterocycles. The van der Waals surface area contributed by atoms with Crippen molar-refractivity contribution >= 4 is 32.8 Å². The maximum Gasteiger partial charge on any atom is 0.242 e. The van der Waals surface area contributed by atoms with Crippen molar-refractivity contribution in [3.05, 3.63) is 52.2 Å². The SMILES string of the molecule is Cc1ccccc1N(CC(=O)N(Cc1cccs1)C1CCS(=O)(=O)C1)C(C)C. The van der Waals surface area contributed by atoms with Crippen molar-refractivity contribution in [1.29, 1.82) is 0 Å². The minimum Gasteiger partial charge on any atom is -0.360 e. The summed E-state index contributed by atoms with van der Waals surface area (Å²) in [6, 6.07) is 11.9. The van der Waals surface area contributed by atoms with Gasteiger partial charge in [0.05, 0.1) is 24.6 Å². The molecule has 1 aliphatic heterocycles. The summed E-state index contributed by atoms with van der Waals surface area (Å²) in [7, 11) is -3.06. The Morgan fingerprint density at radius 3 is 2.54 bits per heavy atom. The summed E-state index contributed by atoms with van der Waals surface area (Å²) in [4.78, 5) is 18.3. The molecule has 0 radical (unpaired) electrons. The summed E-state index contributed by atoms with van der Waals surface area (Å²) in [5.41, 5.74) is 2.17. The summed E-state index contributed by atoms with van der Waals surface area (Å²) in [5.74, 6) is 0.209. The lowest BCUT2D eigenvalue weighted by molar-refractivity contribution is -0.132. The van der Waals surface area contributed by atoms with E-state index in [1.54, 1.807) is 16.2 Å². The van der Waals surface area contributed by atoms with Crippen LogP contribution in [-0.2, 0) is 21.2 Å². The second-order valence-electron chi connectivity index (χ2n) is 7.67. The normalized spacial score (nSPS) is 18.4. The summed E-state index contributed by atoms with van der Waals surface area (Å²) < 4.78 is 24.0. The van der Waals surface area contributed by atoms with Crippen molar-refractivity contribution in [3.8, 4) is 0 Å². The molecular weight excluding hydrogens is 392 g/mol. The number of sulfone groups is 1. The number of carbonyl (C=O) groups excluding carboxylic acids is 1. The van der Waals surface area contributed by atoms with Gasteiger partial charge in [-0.05, 0) is 50.3 Å². The molecule has 0 aliphatic carbocycles. The zero-order chi connectivity index (χ0) is 20.3. The van der Waals surface area contributed by atoms with Gasteiger partial charge in [-0.2, -0.15) is 0 Å². The monoisotopic (exact) mass is 420 g/mol. The second kappa shape index (κ2) is 8.66. The highest BCUT2D eigenvalue weighted by atomic mass is 32.2. The maximum atomic E-state index is 13.4. The van der Waals surface area contributed by atoms with Gasteiger partial charge < -0.3 is 9.80 Å². The quantitative estimate of drug-likeness (QED) is 0.688. The number of para-hydroxylation sites is 1. The van der Waals surface area contributed by atoms with E-state index in [2.05, 4.69) is 18.7 Å². The molecule has 1 amide bonds. The van der Waals surface area contributed by atoms with E-state index in [0.717, 1.165) is 16.1 Å². The minimum absolute atomic E-state index is 0.0209. The van der Waals surface area contributed by atoms with Crippen LogP contribution in [0.5, 0.6) is 0 Å².